The topological polar surface area (TPSA) is 55.8 Å². The van der Waals surface area contributed by atoms with Crippen LogP contribution in [0.1, 0.15) is 65.7 Å². The van der Waals surface area contributed by atoms with E-state index in [2.05, 4.69) is 13.8 Å². The van der Waals surface area contributed by atoms with Crippen molar-refractivity contribution in [1.82, 2.24) is 0 Å². The highest BCUT2D eigenvalue weighted by atomic mass is 32.2. The van der Waals surface area contributed by atoms with Crippen LogP contribution in [0.3, 0.4) is 0 Å². The van der Waals surface area contributed by atoms with Gasteiger partial charge in [-0.1, -0.05) is 27.2 Å². The average Bonchev–Trinajstić information content (AvgIpc) is 3.18. The lowest BCUT2D eigenvalue weighted by Gasteiger charge is -2.64. The molecular weight excluding hydrogens is 422 g/mol. The molecule has 4 fully saturated rings. The number of thioether (sulfide) groups is 1. The van der Waals surface area contributed by atoms with Gasteiger partial charge in [-0.2, -0.15) is 0 Å². The van der Waals surface area contributed by atoms with E-state index in [1.54, 1.807) is 18.7 Å². The first-order chi connectivity index (χ1) is 14.6. The number of alkyl halides is 2. The van der Waals surface area contributed by atoms with Crippen molar-refractivity contribution in [3.05, 3.63) is 11.6 Å². The minimum atomic E-state index is -1.96. The van der Waals surface area contributed by atoms with Crippen LogP contribution in [0.2, 0.25) is 0 Å². The van der Waals surface area contributed by atoms with Gasteiger partial charge in [-0.25, -0.2) is 8.78 Å². The molecule has 174 valence electrons. The number of aliphatic hydroxyl groups is 1. The normalized spacial score (nSPS) is 55.8. The van der Waals surface area contributed by atoms with Gasteiger partial charge in [0.05, 0.1) is 12.2 Å². The van der Waals surface area contributed by atoms with E-state index in [1.165, 1.54) is 6.08 Å². The Balaban J connectivity index is 1.58. The minimum Gasteiger partial charge on any atom is -0.390 e. The molecule has 1 N–H and O–H groups in total. The second-order valence-electron chi connectivity index (χ2n) is 10.8. The zero-order valence-corrected chi connectivity index (χ0v) is 19.6. The fourth-order valence-electron chi connectivity index (χ4n) is 8.04. The highest BCUT2D eigenvalue weighted by molar-refractivity contribution is 7.99. The highest BCUT2D eigenvalue weighted by Crippen LogP contribution is 2.74. The molecule has 0 amide bonds. The fourth-order valence-corrected chi connectivity index (χ4v) is 9.35. The Morgan fingerprint density at radius 1 is 1.29 bits per heavy atom. The molecule has 3 saturated carbocycles. The van der Waals surface area contributed by atoms with Crippen LogP contribution in [0, 0.1) is 22.7 Å². The van der Waals surface area contributed by atoms with Crippen LogP contribution in [-0.2, 0) is 14.3 Å². The summed E-state index contributed by atoms with van der Waals surface area (Å²) >= 11 is 1.60. The van der Waals surface area contributed by atoms with E-state index in [9.17, 15) is 9.90 Å². The van der Waals surface area contributed by atoms with Crippen molar-refractivity contribution in [2.45, 2.75) is 101 Å². The summed E-state index contributed by atoms with van der Waals surface area (Å²) in [6, 6.07) is 0. The third-order valence-corrected chi connectivity index (χ3v) is 11.0. The predicted octanol–water partition coefficient (Wildman–Crippen LogP) is 4.74. The third-order valence-electron chi connectivity index (χ3n) is 9.55. The first kappa shape index (κ1) is 22.3. The SMILES string of the molecule is CCC[C@@H]1O[C@@H]2C[C@H]3[C@@H]4C[C@H](F)C5=CC(=O)CC[C@]5(C)[C@@]4(F)[C@@H](O)C[C@]3(C)[C@]2(SC)O1. The molecule has 0 aromatic rings. The van der Waals surface area contributed by atoms with Crippen molar-refractivity contribution in [1.29, 1.82) is 0 Å². The number of hydrogen-bond donors (Lipinski definition) is 1. The van der Waals surface area contributed by atoms with Gasteiger partial charge in [0, 0.05) is 23.2 Å². The molecule has 0 bridgehead atoms. The largest absolute Gasteiger partial charge is 0.390 e. The van der Waals surface area contributed by atoms with Crippen LogP contribution in [-0.4, -0.2) is 52.4 Å². The molecule has 5 aliphatic rings. The van der Waals surface area contributed by atoms with Crippen LogP contribution in [0.5, 0.6) is 0 Å². The summed E-state index contributed by atoms with van der Waals surface area (Å²) in [5.74, 6) is -0.943. The average molecular weight is 457 g/mol. The van der Waals surface area contributed by atoms with Gasteiger partial charge >= 0.3 is 0 Å². The molecule has 0 spiro atoms. The maximum absolute atomic E-state index is 17.2. The van der Waals surface area contributed by atoms with Crippen molar-refractivity contribution in [2.24, 2.45) is 22.7 Å². The second kappa shape index (κ2) is 7.00. The summed E-state index contributed by atoms with van der Waals surface area (Å²) in [4.78, 5) is 11.4. The molecule has 4 aliphatic carbocycles. The Morgan fingerprint density at radius 2 is 2.03 bits per heavy atom. The van der Waals surface area contributed by atoms with E-state index in [0.29, 0.717) is 6.42 Å². The number of allylic oxidation sites excluding steroid dienone is 1. The monoisotopic (exact) mass is 456 g/mol. The predicted molar refractivity (Wildman–Crippen MR) is 115 cm³/mol. The van der Waals surface area contributed by atoms with Gasteiger partial charge < -0.3 is 14.6 Å². The lowest BCUT2D eigenvalue weighted by molar-refractivity contribution is -0.232. The molecule has 1 aliphatic heterocycles. The van der Waals surface area contributed by atoms with Crippen LogP contribution in [0.4, 0.5) is 8.78 Å². The number of fused-ring (bicyclic) bond motifs is 7. The quantitative estimate of drug-likeness (QED) is 0.665. The number of carbonyl (C=O) groups excluding carboxylic acids is 1. The first-order valence-electron chi connectivity index (χ1n) is 11.7. The summed E-state index contributed by atoms with van der Waals surface area (Å²) in [5.41, 5.74) is -3.41. The molecule has 5 rings (SSSR count). The van der Waals surface area contributed by atoms with Crippen molar-refractivity contribution in [3.63, 3.8) is 0 Å². The van der Waals surface area contributed by atoms with Crippen LogP contribution < -0.4 is 0 Å². The van der Waals surface area contributed by atoms with E-state index in [-0.39, 0.29) is 55.4 Å². The van der Waals surface area contributed by atoms with Crippen LogP contribution in [0.15, 0.2) is 11.6 Å². The Labute approximate surface area is 187 Å². The summed E-state index contributed by atoms with van der Waals surface area (Å²) in [6.45, 7) is 5.89. The Bertz CT molecular complexity index is 821. The molecule has 1 saturated heterocycles. The number of ether oxygens (including phenoxy) is 2. The van der Waals surface area contributed by atoms with Crippen molar-refractivity contribution < 1.29 is 28.2 Å². The molecule has 0 radical (unpaired) electrons. The number of hydrogen-bond acceptors (Lipinski definition) is 5. The van der Waals surface area contributed by atoms with E-state index >= 15 is 8.78 Å². The van der Waals surface area contributed by atoms with Crippen molar-refractivity contribution in [3.8, 4) is 0 Å². The summed E-state index contributed by atoms with van der Waals surface area (Å²) in [5, 5.41) is 11.4. The van der Waals surface area contributed by atoms with Crippen LogP contribution in [0.25, 0.3) is 0 Å². The highest BCUT2D eigenvalue weighted by Gasteiger charge is 2.78. The number of aliphatic hydroxyl groups excluding tert-OH is 1. The first-order valence-corrected chi connectivity index (χ1v) is 12.9. The van der Waals surface area contributed by atoms with Gasteiger partial charge in [-0.3, -0.25) is 4.79 Å². The molecule has 31 heavy (non-hydrogen) atoms. The van der Waals surface area contributed by atoms with Crippen molar-refractivity contribution in [2.75, 3.05) is 6.26 Å². The fraction of sp³-hybridized carbons (Fsp3) is 0.875. The maximum Gasteiger partial charge on any atom is 0.160 e. The second-order valence-corrected chi connectivity index (χ2v) is 11.8. The van der Waals surface area contributed by atoms with Crippen LogP contribution >= 0.6 is 11.8 Å². The molecule has 0 aromatic carbocycles. The molecule has 1 heterocycles. The van der Waals surface area contributed by atoms with E-state index in [0.717, 1.165) is 12.8 Å². The molecular formula is C24H34F2O4S. The summed E-state index contributed by atoms with van der Waals surface area (Å²) in [6.07, 6.45) is 3.26. The Kier molecular flexibility index (Phi) is 5.04. The van der Waals surface area contributed by atoms with E-state index in [1.807, 2.05) is 6.26 Å². The molecule has 0 aromatic heterocycles. The minimum absolute atomic E-state index is 0.00190. The maximum atomic E-state index is 17.2. The number of carbonyl (C=O) groups is 1. The zero-order chi connectivity index (χ0) is 22.4. The lowest BCUT2D eigenvalue weighted by Crippen LogP contribution is -2.70. The third kappa shape index (κ3) is 2.55. The smallest absolute Gasteiger partial charge is 0.160 e. The van der Waals surface area contributed by atoms with Gasteiger partial charge in [0.2, 0.25) is 0 Å². The van der Waals surface area contributed by atoms with Gasteiger partial charge in [0.15, 0.2) is 12.1 Å². The Morgan fingerprint density at radius 3 is 2.71 bits per heavy atom. The summed E-state index contributed by atoms with van der Waals surface area (Å²) < 4.78 is 45.5. The number of ketones is 1. The van der Waals surface area contributed by atoms with Gasteiger partial charge in [-0.05, 0) is 55.9 Å². The molecule has 7 heteroatoms. The van der Waals surface area contributed by atoms with Crippen molar-refractivity contribution >= 4 is 17.5 Å². The number of halogens is 2. The molecule has 4 nitrogen and oxygen atoms in total. The van der Waals surface area contributed by atoms with Gasteiger partial charge in [-0.15, -0.1) is 11.8 Å². The van der Waals surface area contributed by atoms with E-state index in [4.69, 9.17) is 9.47 Å². The van der Waals surface area contributed by atoms with Gasteiger partial charge in [0.25, 0.3) is 0 Å². The molecule has 10 atom stereocenters. The van der Waals surface area contributed by atoms with Gasteiger partial charge in [0.1, 0.15) is 16.8 Å². The lowest BCUT2D eigenvalue weighted by atomic mass is 9.44. The number of rotatable bonds is 3. The van der Waals surface area contributed by atoms with E-state index < -0.39 is 39.6 Å². The molecule has 0 unspecified atom stereocenters. The summed E-state index contributed by atoms with van der Waals surface area (Å²) in [7, 11) is 0. The standard InChI is InChI=1S/C24H34F2O4S/c1-5-6-20-29-19-11-14-15-10-17(25)16-9-13(27)7-8-21(16,2)23(15,26)18(28)12-22(14,3)24(19,30-20)31-4/h9,14-15,17-20,28H,5-8,10-12H2,1-4H3/t14-,15-,17-,18-,19+,20+,21-,22-,23-,24-/m0/s1. The Hall–Kier alpha value is -0.500. The zero-order valence-electron chi connectivity index (χ0n) is 18.8.